The number of likely N-dealkylation sites (tertiary alicyclic amines) is 1. The Morgan fingerprint density at radius 3 is 2.56 bits per heavy atom. The Kier molecular flexibility index (Phi) is 7.09. The number of anilines is 1. The zero-order valence-electron chi connectivity index (χ0n) is 22.0. The minimum atomic E-state index is -4.32. The average Bonchev–Trinajstić information content (AvgIpc) is 3.61. The zero-order valence-corrected chi connectivity index (χ0v) is 22.0. The van der Waals surface area contributed by atoms with E-state index in [-0.39, 0.29) is 18.8 Å². The first-order valence-electron chi connectivity index (χ1n) is 13.8. The Bertz CT molecular complexity index is 1280. The van der Waals surface area contributed by atoms with E-state index in [2.05, 4.69) is 32.6 Å². The van der Waals surface area contributed by atoms with E-state index in [0.717, 1.165) is 60.4 Å². The van der Waals surface area contributed by atoms with E-state index in [4.69, 9.17) is 0 Å². The smallest absolute Gasteiger partial charge is 0.378 e. The number of fused-ring (bicyclic) bond motifs is 1. The molecule has 0 amide bonds. The first kappa shape index (κ1) is 26.3. The highest BCUT2D eigenvalue weighted by Crippen LogP contribution is 2.41. The molecule has 1 saturated heterocycles. The summed E-state index contributed by atoms with van der Waals surface area (Å²) in [6.07, 6.45) is 4.72. The molecule has 3 aromatic rings. The molecule has 3 aliphatic rings. The maximum Gasteiger partial charge on any atom is 0.401 e. The van der Waals surface area contributed by atoms with Gasteiger partial charge in [0, 0.05) is 37.4 Å². The van der Waals surface area contributed by atoms with Crippen LogP contribution in [0.25, 0.3) is 11.1 Å². The van der Waals surface area contributed by atoms with Crippen molar-refractivity contribution in [2.45, 2.75) is 63.0 Å². The van der Waals surface area contributed by atoms with Crippen LogP contribution in [0.3, 0.4) is 0 Å². The van der Waals surface area contributed by atoms with Gasteiger partial charge in [0.15, 0.2) is 0 Å². The second-order valence-electron chi connectivity index (χ2n) is 11.2. The fraction of sp³-hybridized carbons (Fsp3) is 0.517. The molecule has 0 unspecified atom stereocenters. The van der Waals surface area contributed by atoms with Crippen LogP contribution in [-0.2, 0) is 6.42 Å². The number of alkyl halides is 4. The molecule has 1 aromatic carbocycles. The normalized spacial score (nSPS) is 22.5. The molecule has 1 N–H and O–H groups in total. The third kappa shape index (κ3) is 5.82. The highest BCUT2D eigenvalue weighted by atomic mass is 19.4. The molecule has 2 atom stereocenters. The second kappa shape index (κ2) is 10.5. The molecule has 2 aromatic heterocycles. The van der Waals surface area contributed by atoms with Gasteiger partial charge >= 0.3 is 6.18 Å². The fourth-order valence-electron chi connectivity index (χ4n) is 5.92. The number of aromatic nitrogens is 3. The van der Waals surface area contributed by atoms with Gasteiger partial charge in [0.05, 0.1) is 55.1 Å². The molecule has 1 aliphatic carbocycles. The van der Waals surface area contributed by atoms with Crippen LogP contribution in [0.15, 0.2) is 48.9 Å². The van der Waals surface area contributed by atoms with Gasteiger partial charge in [0.1, 0.15) is 0 Å². The van der Waals surface area contributed by atoms with Crippen LogP contribution >= 0.6 is 0 Å². The van der Waals surface area contributed by atoms with E-state index < -0.39 is 18.8 Å². The lowest BCUT2D eigenvalue weighted by molar-refractivity contribution is -0.155. The largest absolute Gasteiger partial charge is 0.401 e. The van der Waals surface area contributed by atoms with Crippen molar-refractivity contribution in [2.24, 2.45) is 0 Å². The lowest BCUT2D eigenvalue weighted by Crippen LogP contribution is -2.54. The van der Waals surface area contributed by atoms with Crippen molar-refractivity contribution in [2.75, 3.05) is 38.2 Å². The number of nitrogens with zero attached hydrogens (tertiary/aromatic N) is 5. The summed E-state index contributed by atoms with van der Waals surface area (Å²) >= 11 is 0. The van der Waals surface area contributed by atoms with E-state index in [9.17, 15) is 17.6 Å². The Morgan fingerprint density at radius 2 is 1.87 bits per heavy atom. The molecule has 10 heteroatoms. The Hall–Kier alpha value is -2.98. The van der Waals surface area contributed by atoms with Crippen LogP contribution in [-0.4, -0.2) is 75.7 Å². The number of pyridine rings is 1. The molecule has 2 aliphatic heterocycles. The number of benzene rings is 1. The third-order valence-corrected chi connectivity index (χ3v) is 8.07. The monoisotopic (exact) mass is 542 g/mol. The maximum absolute atomic E-state index is 13.7. The summed E-state index contributed by atoms with van der Waals surface area (Å²) in [5.41, 5.74) is 5.41. The molecule has 6 nitrogen and oxygen atoms in total. The highest BCUT2D eigenvalue weighted by molar-refractivity contribution is 5.64. The van der Waals surface area contributed by atoms with Crippen LogP contribution in [0.2, 0.25) is 0 Å². The van der Waals surface area contributed by atoms with Crippen molar-refractivity contribution in [3.63, 3.8) is 0 Å². The van der Waals surface area contributed by atoms with Gasteiger partial charge in [-0.25, -0.2) is 0 Å². The molecule has 39 heavy (non-hydrogen) atoms. The molecule has 0 radical (unpaired) electrons. The van der Waals surface area contributed by atoms with Gasteiger partial charge in [-0.2, -0.15) is 18.3 Å². The minimum absolute atomic E-state index is 0.261. The van der Waals surface area contributed by atoms with Gasteiger partial charge in [-0.1, -0.05) is 18.2 Å². The topological polar surface area (TPSA) is 49.2 Å². The zero-order chi connectivity index (χ0) is 27.1. The van der Waals surface area contributed by atoms with E-state index in [1.54, 1.807) is 6.20 Å². The minimum Gasteiger partial charge on any atom is -0.378 e. The average molecular weight is 543 g/mol. The Balaban J connectivity index is 1.25. The molecule has 0 bridgehead atoms. The van der Waals surface area contributed by atoms with E-state index in [1.807, 2.05) is 42.1 Å². The van der Waals surface area contributed by atoms with Crippen molar-refractivity contribution < 1.29 is 17.6 Å². The van der Waals surface area contributed by atoms with Gasteiger partial charge in [0.25, 0.3) is 0 Å². The molecule has 2 fully saturated rings. The maximum atomic E-state index is 13.7. The second-order valence-corrected chi connectivity index (χ2v) is 11.2. The van der Waals surface area contributed by atoms with E-state index in [1.165, 1.54) is 4.90 Å². The predicted octanol–water partition coefficient (Wildman–Crippen LogP) is 5.63. The van der Waals surface area contributed by atoms with Gasteiger partial charge in [-0.05, 0) is 61.4 Å². The summed E-state index contributed by atoms with van der Waals surface area (Å²) in [5.74, 6) is 0. The van der Waals surface area contributed by atoms with Crippen molar-refractivity contribution in [3.8, 4) is 11.1 Å². The summed E-state index contributed by atoms with van der Waals surface area (Å²) in [6.45, 7) is 3.01. The summed E-state index contributed by atoms with van der Waals surface area (Å²) in [5, 5.41) is 7.94. The van der Waals surface area contributed by atoms with E-state index >= 15 is 0 Å². The van der Waals surface area contributed by atoms with Crippen molar-refractivity contribution in [1.82, 2.24) is 24.6 Å². The number of hydrogen-bond acceptors (Lipinski definition) is 5. The lowest BCUT2D eigenvalue weighted by atomic mass is 9.85. The molecule has 6 rings (SSSR count). The number of hydrogen-bond donors (Lipinski definition) is 1. The van der Waals surface area contributed by atoms with Gasteiger partial charge in [0.2, 0.25) is 0 Å². The van der Waals surface area contributed by atoms with Crippen LogP contribution in [0.4, 0.5) is 23.2 Å². The fourth-order valence-corrected chi connectivity index (χ4v) is 5.92. The standard InChI is InChI=1S/C29H34F4N6/c1-19-11-21-12-20(22-13-35-39(15-22)25-5-6-25)3-7-26(21)28(38(19)18-29(31,32)33)27-8-4-23(14-34-27)36-24-16-37(17-24)10-2-9-30/h3-4,7-8,12-15,19,24-25,28,36H,2,5-6,9-11,16-18H2,1H3/t19-,28-/m0/s1. The Labute approximate surface area is 226 Å². The van der Waals surface area contributed by atoms with Crippen molar-refractivity contribution >= 4 is 5.69 Å². The SMILES string of the molecule is C[C@H]1Cc2cc(-c3cnn(C4CC4)c3)ccc2[C@@H](c2ccc(NC3CN(CCCF)C3)cn2)N1CC(F)(F)F. The number of nitrogens with one attached hydrogen (secondary N) is 1. The van der Waals surface area contributed by atoms with E-state index in [0.29, 0.717) is 24.6 Å². The number of rotatable bonds is 9. The quantitative estimate of drug-likeness (QED) is 0.355. The summed E-state index contributed by atoms with van der Waals surface area (Å²) in [4.78, 5) is 8.38. The highest BCUT2D eigenvalue weighted by Gasteiger charge is 2.41. The van der Waals surface area contributed by atoms with Gasteiger partial charge < -0.3 is 5.32 Å². The van der Waals surface area contributed by atoms with Crippen LogP contribution in [0.1, 0.15) is 55.1 Å². The first-order valence-corrected chi connectivity index (χ1v) is 13.8. The molecule has 208 valence electrons. The molecule has 0 spiro atoms. The number of halogens is 4. The van der Waals surface area contributed by atoms with Gasteiger partial charge in [-0.3, -0.25) is 23.9 Å². The van der Waals surface area contributed by atoms with Gasteiger partial charge in [-0.15, -0.1) is 0 Å². The predicted molar refractivity (Wildman–Crippen MR) is 142 cm³/mol. The van der Waals surface area contributed by atoms with Crippen LogP contribution in [0.5, 0.6) is 0 Å². The molecular formula is C29H34F4N6. The van der Waals surface area contributed by atoms with Crippen LogP contribution in [0, 0.1) is 0 Å². The summed E-state index contributed by atoms with van der Waals surface area (Å²) in [7, 11) is 0. The lowest BCUT2D eigenvalue weighted by Gasteiger charge is -2.42. The summed E-state index contributed by atoms with van der Waals surface area (Å²) in [6, 6.07) is 9.65. The molecule has 1 saturated carbocycles. The molecular weight excluding hydrogens is 508 g/mol. The first-order chi connectivity index (χ1) is 18.8. The summed E-state index contributed by atoms with van der Waals surface area (Å²) < 4.78 is 55.5. The van der Waals surface area contributed by atoms with Crippen LogP contribution < -0.4 is 5.32 Å². The Morgan fingerprint density at radius 1 is 1.05 bits per heavy atom. The van der Waals surface area contributed by atoms with Crippen molar-refractivity contribution in [1.29, 1.82) is 0 Å². The van der Waals surface area contributed by atoms with Crippen molar-refractivity contribution in [3.05, 3.63) is 65.7 Å². The molecule has 4 heterocycles. The third-order valence-electron chi connectivity index (χ3n) is 8.07.